The van der Waals surface area contributed by atoms with Crippen molar-refractivity contribution in [2.24, 2.45) is 0 Å². The number of likely N-dealkylation sites (tertiary alicyclic amines) is 1. The Hall–Kier alpha value is -2.58. The Morgan fingerprint density at radius 3 is 2.77 bits per heavy atom. The Kier molecular flexibility index (Phi) is 6.54. The van der Waals surface area contributed by atoms with Crippen LogP contribution in [0.25, 0.3) is 11.1 Å². The van der Waals surface area contributed by atoms with Crippen LogP contribution in [0.5, 0.6) is 0 Å². The molecule has 0 spiro atoms. The van der Waals surface area contributed by atoms with E-state index in [4.69, 9.17) is 14.7 Å². The van der Waals surface area contributed by atoms with Crippen molar-refractivity contribution in [3.05, 3.63) is 36.4 Å². The number of rotatable bonds is 5. The van der Waals surface area contributed by atoms with E-state index in [1.165, 1.54) is 0 Å². The molecule has 2 saturated heterocycles. The molecule has 0 bridgehead atoms. The number of methoxy groups -OCH3 is 1. The Labute approximate surface area is 177 Å². The number of aromatic nitrogens is 3. The van der Waals surface area contributed by atoms with Crippen molar-refractivity contribution >= 4 is 11.9 Å². The van der Waals surface area contributed by atoms with Crippen molar-refractivity contribution in [3.63, 3.8) is 0 Å². The molecule has 160 valence electrons. The average molecular weight is 411 g/mol. The largest absolute Gasteiger partial charge is 0.375 e. The van der Waals surface area contributed by atoms with Gasteiger partial charge in [0, 0.05) is 82.0 Å². The van der Waals surface area contributed by atoms with Crippen LogP contribution in [-0.4, -0.2) is 90.7 Å². The summed E-state index contributed by atoms with van der Waals surface area (Å²) in [5.41, 5.74) is 3.03. The molecule has 2 aliphatic heterocycles. The first kappa shape index (κ1) is 20.7. The highest BCUT2D eigenvalue weighted by Gasteiger charge is 2.29. The summed E-state index contributed by atoms with van der Waals surface area (Å²) >= 11 is 0. The van der Waals surface area contributed by atoms with Crippen LogP contribution in [0.3, 0.4) is 0 Å². The molecule has 0 aromatic carbocycles. The van der Waals surface area contributed by atoms with Gasteiger partial charge >= 0.3 is 0 Å². The van der Waals surface area contributed by atoms with Crippen LogP contribution in [0.1, 0.15) is 24.5 Å². The maximum atomic E-state index is 12.4. The average Bonchev–Trinajstić information content (AvgIpc) is 2.80. The second kappa shape index (κ2) is 9.49. The summed E-state index contributed by atoms with van der Waals surface area (Å²) < 4.78 is 5.06. The summed E-state index contributed by atoms with van der Waals surface area (Å²) in [6.45, 7) is 5.42. The van der Waals surface area contributed by atoms with Gasteiger partial charge in [-0.1, -0.05) is 6.07 Å². The van der Waals surface area contributed by atoms with Crippen LogP contribution in [-0.2, 0) is 9.53 Å². The molecule has 0 saturated carbocycles. The fourth-order valence-electron chi connectivity index (χ4n) is 4.24. The summed E-state index contributed by atoms with van der Waals surface area (Å²) in [5, 5.41) is 0. The van der Waals surface area contributed by atoms with E-state index in [-0.39, 0.29) is 18.4 Å². The number of piperidine rings is 1. The number of amides is 1. The highest BCUT2D eigenvalue weighted by molar-refractivity contribution is 5.77. The van der Waals surface area contributed by atoms with E-state index in [9.17, 15) is 4.79 Å². The molecule has 1 unspecified atom stereocenters. The number of anilines is 1. The normalized spacial score (nSPS) is 20.4. The lowest BCUT2D eigenvalue weighted by Crippen LogP contribution is -2.45. The minimum Gasteiger partial charge on any atom is -0.375 e. The summed E-state index contributed by atoms with van der Waals surface area (Å²) in [5.74, 6) is 0.994. The van der Waals surface area contributed by atoms with Crippen molar-refractivity contribution in [3.8, 4) is 11.1 Å². The van der Waals surface area contributed by atoms with Gasteiger partial charge in [-0.2, -0.15) is 0 Å². The van der Waals surface area contributed by atoms with Gasteiger partial charge in [-0.15, -0.1) is 0 Å². The zero-order valence-electron chi connectivity index (χ0n) is 17.8. The number of likely N-dealkylation sites (N-methyl/N-ethyl adjacent to an activating group) is 1. The van der Waals surface area contributed by atoms with Gasteiger partial charge in [0.25, 0.3) is 0 Å². The van der Waals surface area contributed by atoms with Gasteiger partial charge in [0.2, 0.25) is 11.9 Å². The maximum absolute atomic E-state index is 12.4. The lowest BCUT2D eigenvalue weighted by Gasteiger charge is -2.35. The lowest BCUT2D eigenvalue weighted by molar-refractivity contribution is -0.136. The van der Waals surface area contributed by atoms with E-state index in [0.717, 1.165) is 68.3 Å². The molecule has 0 N–H and O–H groups in total. The van der Waals surface area contributed by atoms with Crippen molar-refractivity contribution in [2.75, 3.05) is 64.9 Å². The Morgan fingerprint density at radius 1 is 1.20 bits per heavy atom. The maximum Gasteiger partial charge on any atom is 0.248 e. The molecule has 4 heterocycles. The third kappa shape index (κ3) is 4.60. The van der Waals surface area contributed by atoms with Crippen molar-refractivity contribution in [1.29, 1.82) is 0 Å². The van der Waals surface area contributed by atoms with Gasteiger partial charge in [0.05, 0.1) is 5.69 Å². The van der Waals surface area contributed by atoms with E-state index in [0.29, 0.717) is 6.54 Å². The van der Waals surface area contributed by atoms with E-state index in [1.54, 1.807) is 13.3 Å². The molecule has 2 fully saturated rings. The molecule has 1 amide bonds. The Balaban J connectivity index is 1.66. The molecule has 0 aliphatic carbocycles. The summed E-state index contributed by atoms with van der Waals surface area (Å²) in [4.78, 5) is 33.0. The van der Waals surface area contributed by atoms with E-state index in [1.807, 2.05) is 29.4 Å². The molecule has 30 heavy (non-hydrogen) atoms. The van der Waals surface area contributed by atoms with Crippen LogP contribution >= 0.6 is 0 Å². The van der Waals surface area contributed by atoms with Gasteiger partial charge in [0.1, 0.15) is 6.61 Å². The van der Waals surface area contributed by atoms with Crippen LogP contribution in [0.15, 0.2) is 30.7 Å². The number of piperazine rings is 1. The number of hydrogen-bond acceptors (Lipinski definition) is 7. The van der Waals surface area contributed by atoms with Gasteiger partial charge in [-0.3, -0.25) is 9.78 Å². The van der Waals surface area contributed by atoms with Crippen molar-refractivity contribution < 1.29 is 9.53 Å². The minimum atomic E-state index is 0.0403. The number of carbonyl (C=O) groups excluding carboxylic acids is 1. The second-order valence-electron chi connectivity index (χ2n) is 8.11. The molecule has 2 aliphatic rings. The first-order valence-electron chi connectivity index (χ1n) is 10.6. The highest BCUT2D eigenvalue weighted by atomic mass is 16.5. The number of nitrogens with zero attached hydrogens (tertiary/aromatic N) is 6. The predicted molar refractivity (Wildman–Crippen MR) is 115 cm³/mol. The first-order chi connectivity index (χ1) is 14.7. The SMILES string of the molecule is COCC(=O)N1CCCC(c2nc(N3CCN(C)CC3)ncc2-c2cccnc2)C1. The van der Waals surface area contributed by atoms with Gasteiger partial charge < -0.3 is 19.4 Å². The third-order valence-corrected chi connectivity index (χ3v) is 5.99. The predicted octanol–water partition coefficient (Wildman–Crippen LogP) is 1.64. The van der Waals surface area contributed by atoms with Crippen LogP contribution in [0, 0.1) is 0 Å². The molecule has 0 radical (unpaired) electrons. The quantitative estimate of drug-likeness (QED) is 0.742. The Morgan fingerprint density at radius 2 is 2.03 bits per heavy atom. The zero-order chi connectivity index (χ0) is 20.9. The van der Waals surface area contributed by atoms with E-state index < -0.39 is 0 Å². The molecule has 8 heteroatoms. The second-order valence-corrected chi connectivity index (χ2v) is 8.11. The third-order valence-electron chi connectivity index (χ3n) is 5.99. The van der Waals surface area contributed by atoms with Crippen molar-refractivity contribution in [2.45, 2.75) is 18.8 Å². The molecule has 1 atom stereocenters. The lowest BCUT2D eigenvalue weighted by atomic mass is 9.90. The van der Waals surface area contributed by atoms with Gasteiger partial charge in [-0.25, -0.2) is 9.97 Å². The molecule has 8 nitrogen and oxygen atoms in total. The summed E-state index contributed by atoms with van der Waals surface area (Å²) in [6, 6.07) is 3.98. The van der Waals surface area contributed by atoms with Gasteiger partial charge in [-0.05, 0) is 26.0 Å². The van der Waals surface area contributed by atoms with Crippen LogP contribution in [0.4, 0.5) is 5.95 Å². The van der Waals surface area contributed by atoms with E-state index >= 15 is 0 Å². The fourth-order valence-corrected chi connectivity index (χ4v) is 4.24. The summed E-state index contributed by atoms with van der Waals surface area (Å²) in [7, 11) is 3.70. The first-order valence-corrected chi connectivity index (χ1v) is 10.6. The fraction of sp³-hybridized carbons (Fsp3) is 0.545. The number of carbonyl (C=O) groups is 1. The Bertz CT molecular complexity index is 854. The molecule has 4 rings (SSSR count). The minimum absolute atomic E-state index is 0.0403. The molecular formula is C22H30N6O2. The number of ether oxygens (including phenoxy) is 1. The molecule has 2 aromatic heterocycles. The smallest absolute Gasteiger partial charge is 0.248 e. The van der Waals surface area contributed by atoms with Gasteiger partial charge in [0.15, 0.2) is 0 Å². The van der Waals surface area contributed by atoms with Crippen LogP contribution < -0.4 is 4.90 Å². The highest BCUT2D eigenvalue weighted by Crippen LogP contribution is 2.34. The summed E-state index contributed by atoms with van der Waals surface area (Å²) in [6.07, 6.45) is 7.52. The monoisotopic (exact) mass is 410 g/mol. The van der Waals surface area contributed by atoms with Crippen molar-refractivity contribution in [1.82, 2.24) is 24.8 Å². The standard InChI is InChI=1S/C22H30N6O2/c1-26-9-11-27(12-10-26)22-24-14-19(17-5-3-7-23-13-17)21(25-22)18-6-4-8-28(15-18)20(29)16-30-2/h3,5,7,13-14,18H,4,6,8-12,15-16H2,1-2H3. The molecular weight excluding hydrogens is 380 g/mol. The van der Waals surface area contributed by atoms with Crippen LogP contribution in [0.2, 0.25) is 0 Å². The molecule has 2 aromatic rings. The zero-order valence-corrected chi connectivity index (χ0v) is 17.8. The topological polar surface area (TPSA) is 74.7 Å². The van der Waals surface area contributed by atoms with E-state index in [2.05, 4.69) is 21.8 Å². The number of hydrogen-bond donors (Lipinski definition) is 0. The number of pyridine rings is 1.